The summed E-state index contributed by atoms with van der Waals surface area (Å²) in [4.78, 5) is 3.50. The van der Waals surface area contributed by atoms with E-state index in [1.54, 1.807) is 0 Å². The summed E-state index contributed by atoms with van der Waals surface area (Å²) in [5, 5.41) is 9.21. The van der Waals surface area contributed by atoms with Crippen LogP contribution in [0.3, 0.4) is 0 Å². The zero-order valence-corrected chi connectivity index (χ0v) is 16.5. The van der Waals surface area contributed by atoms with Gasteiger partial charge in [-0.1, -0.05) is 0 Å². The van der Waals surface area contributed by atoms with E-state index in [0.717, 1.165) is 6.07 Å². The van der Waals surface area contributed by atoms with Gasteiger partial charge in [-0.3, -0.25) is 0 Å². The number of hydrogen-bond acceptors (Lipinski definition) is 4. The Hall–Kier alpha value is -0.560. The maximum absolute atomic E-state index is 14.7. The highest BCUT2D eigenvalue weighted by Crippen LogP contribution is 2.46. The minimum absolute atomic E-state index is 0.138. The molecule has 0 aliphatic heterocycles. The van der Waals surface area contributed by atoms with Crippen LogP contribution in [0.5, 0.6) is 0 Å². The van der Waals surface area contributed by atoms with Crippen molar-refractivity contribution in [2.24, 2.45) is 0 Å². The number of nitrogens with zero attached hydrogens (tertiary/aromatic N) is 1. The van der Waals surface area contributed by atoms with Gasteiger partial charge in [0.15, 0.2) is 5.54 Å². The van der Waals surface area contributed by atoms with Crippen molar-refractivity contribution in [2.45, 2.75) is 56.2 Å². The normalized spacial score (nSPS) is 18.3. The molecule has 2 N–H and O–H groups in total. The molecule has 0 radical (unpaired) electrons. The van der Waals surface area contributed by atoms with Crippen molar-refractivity contribution >= 4 is 27.3 Å². The van der Waals surface area contributed by atoms with Gasteiger partial charge in [-0.25, -0.2) is 18.2 Å². The zero-order chi connectivity index (χ0) is 20.7. The minimum atomic E-state index is -5.71. The average molecular weight is 471 g/mol. The molecule has 12 heteroatoms. The zero-order valence-electron chi connectivity index (χ0n) is 14.1. The number of pyridine rings is 1. The Balaban J connectivity index is 3.64. The fourth-order valence-electron chi connectivity index (χ4n) is 1.86. The summed E-state index contributed by atoms with van der Waals surface area (Å²) in [6.45, 7) is 4.63. The number of alkyl halides is 5. The van der Waals surface area contributed by atoms with Crippen molar-refractivity contribution in [2.75, 3.05) is 0 Å². The number of rotatable bonds is 5. The van der Waals surface area contributed by atoms with Crippen LogP contribution >= 0.6 is 15.9 Å². The molecule has 1 aromatic heterocycles. The molecule has 0 saturated carbocycles. The minimum Gasteiger partial charge on any atom is -0.598 e. The van der Waals surface area contributed by atoms with E-state index in [4.69, 9.17) is 0 Å². The second-order valence-corrected chi connectivity index (χ2v) is 9.42. The average Bonchev–Trinajstić information content (AvgIpc) is 2.46. The molecular weight excluding hydrogens is 454 g/mol. The lowest BCUT2D eigenvalue weighted by atomic mass is 9.86. The fourth-order valence-corrected chi connectivity index (χ4v) is 3.08. The predicted molar refractivity (Wildman–Crippen MR) is 87.3 cm³/mol. The smallest absolute Gasteiger partial charge is 0.420 e. The van der Waals surface area contributed by atoms with Crippen LogP contribution in [0, 0.1) is 5.82 Å². The SMILES string of the molecule is CC(C)(C)[S+]([O-])NC(C)(c1nc(Br)ccc1F)C(F)(F)C(O)C(F)(F)F. The van der Waals surface area contributed by atoms with Gasteiger partial charge in [0.05, 0.1) is 0 Å². The molecule has 3 atom stereocenters. The van der Waals surface area contributed by atoms with Crippen LogP contribution in [-0.4, -0.2) is 37.6 Å². The summed E-state index contributed by atoms with van der Waals surface area (Å²) in [6, 6.07) is 1.76. The molecular formula is C14H17BrF6N2O2S. The molecule has 26 heavy (non-hydrogen) atoms. The number of nitrogens with one attached hydrogen (secondary N) is 1. The van der Waals surface area contributed by atoms with Crippen LogP contribution in [0.15, 0.2) is 16.7 Å². The fraction of sp³-hybridized carbons (Fsp3) is 0.643. The molecule has 0 bridgehead atoms. The maximum atomic E-state index is 14.7. The van der Waals surface area contributed by atoms with Crippen LogP contribution in [-0.2, 0) is 16.9 Å². The quantitative estimate of drug-likeness (QED) is 0.390. The topological polar surface area (TPSA) is 68.2 Å². The standard InChI is InChI=1S/C14H17BrF6N2O2S/c1-11(2,3)26(25)23-12(4,9-7(16)5-6-8(15)22-9)13(17,18)10(24)14(19,20)21/h5-6,10,23-24H,1-4H3. The Morgan fingerprint density at radius 2 is 1.65 bits per heavy atom. The molecule has 1 aromatic rings. The predicted octanol–water partition coefficient (Wildman–Crippen LogP) is 3.81. The first kappa shape index (κ1) is 23.5. The second kappa shape index (κ2) is 7.46. The molecule has 150 valence electrons. The van der Waals surface area contributed by atoms with E-state index in [1.807, 2.05) is 4.72 Å². The van der Waals surface area contributed by atoms with Gasteiger partial charge in [0, 0.05) is 11.4 Å². The summed E-state index contributed by atoms with van der Waals surface area (Å²) in [5.41, 5.74) is -4.37. The molecule has 4 nitrogen and oxygen atoms in total. The lowest BCUT2D eigenvalue weighted by Crippen LogP contribution is -2.65. The van der Waals surface area contributed by atoms with Crippen molar-refractivity contribution in [1.82, 2.24) is 9.71 Å². The van der Waals surface area contributed by atoms with Gasteiger partial charge in [0.25, 0.3) is 0 Å². The molecule has 1 heterocycles. The largest absolute Gasteiger partial charge is 0.598 e. The first-order chi connectivity index (χ1) is 11.4. The van der Waals surface area contributed by atoms with Crippen molar-refractivity contribution in [1.29, 1.82) is 0 Å². The van der Waals surface area contributed by atoms with Crippen molar-refractivity contribution in [3.63, 3.8) is 0 Å². The van der Waals surface area contributed by atoms with Crippen LogP contribution in [0.25, 0.3) is 0 Å². The summed E-state index contributed by atoms with van der Waals surface area (Å²) >= 11 is 0.484. The van der Waals surface area contributed by atoms with Crippen LogP contribution in [0.1, 0.15) is 33.4 Å². The Labute approximate surface area is 157 Å². The Morgan fingerprint density at radius 3 is 2.08 bits per heavy atom. The molecule has 0 aliphatic rings. The molecule has 3 unspecified atom stereocenters. The Morgan fingerprint density at radius 1 is 1.15 bits per heavy atom. The molecule has 0 spiro atoms. The van der Waals surface area contributed by atoms with Crippen LogP contribution in [0.2, 0.25) is 0 Å². The van der Waals surface area contributed by atoms with E-state index in [1.165, 1.54) is 20.8 Å². The second-order valence-electron chi connectivity index (χ2n) is 6.64. The van der Waals surface area contributed by atoms with E-state index in [-0.39, 0.29) is 4.60 Å². The lowest BCUT2D eigenvalue weighted by molar-refractivity contribution is -0.288. The van der Waals surface area contributed by atoms with Crippen molar-refractivity contribution in [3.8, 4) is 0 Å². The van der Waals surface area contributed by atoms with Crippen LogP contribution in [0.4, 0.5) is 26.3 Å². The number of aliphatic hydroxyl groups excluding tert-OH is 1. The van der Waals surface area contributed by atoms with E-state index < -0.39 is 51.4 Å². The highest BCUT2D eigenvalue weighted by atomic mass is 79.9. The molecule has 0 aromatic carbocycles. The third-order valence-electron chi connectivity index (χ3n) is 3.46. The van der Waals surface area contributed by atoms with Gasteiger partial charge >= 0.3 is 12.1 Å². The van der Waals surface area contributed by atoms with Crippen molar-refractivity contribution in [3.05, 3.63) is 28.2 Å². The summed E-state index contributed by atoms with van der Waals surface area (Å²) in [5.74, 6) is -6.37. The van der Waals surface area contributed by atoms with E-state index in [0.29, 0.717) is 13.0 Å². The van der Waals surface area contributed by atoms with Crippen molar-refractivity contribution < 1.29 is 36.0 Å². The first-order valence-electron chi connectivity index (χ1n) is 7.09. The van der Waals surface area contributed by atoms with Gasteiger partial charge in [0.2, 0.25) is 6.10 Å². The molecule has 0 amide bonds. The molecule has 0 saturated heterocycles. The Kier molecular flexibility index (Phi) is 6.73. The van der Waals surface area contributed by atoms with Gasteiger partial charge in [-0.2, -0.15) is 13.2 Å². The molecule has 0 fully saturated rings. The Bertz CT molecular complexity index is 655. The third-order valence-corrected chi connectivity index (χ3v) is 5.61. The summed E-state index contributed by atoms with van der Waals surface area (Å²) < 4.78 is 94.8. The lowest BCUT2D eigenvalue weighted by Gasteiger charge is -2.41. The summed E-state index contributed by atoms with van der Waals surface area (Å²) in [7, 11) is 0. The highest BCUT2D eigenvalue weighted by molar-refractivity contribution is 9.10. The van der Waals surface area contributed by atoms with Gasteiger partial charge in [-0.15, -0.1) is 4.72 Å². The monoisotopic (exact) mass is 470 g/mol. The first-order valence-corrected chi connectivity index (χ1v) is 9.03. The van der Waals surface area contributed by atoms with Gasteiger partial charge in [0.1, 0.15) is 20.9 Å². The third kappa shape index (κ3) is 4.64. The number of halogens is 7. The van der Waals surface area contributed by atoms with E-state index >= 15 is 0 Å². The number of hydrogen-bond donors (Lipinski definition) is 2. The van der Waals surface area contributed by atoms with Crippen LogP contribution < -0.4 is 4.72 Å². The van der Waals surface area contributed by atoms with Gasteiger partial charge < -0.3 is 9.66 Å². The number of aliphatic hydroxyl groups is 1. The molecule has 1 rings (SSSR count). The number of aromatic nitrogens is 1. The maximum Gasteiger partial charge on any atom is 0.420 e. The van der Waals surface area contributed by atoms with E-state index in [2.05, 4.69) is 20.9 Å². The summed E-state index contributed by atoms with van der Waals surface area (Å²) in [6.07, 6.45) is -9.86. The molecule has 0 aliphatic carbocycles. The van der Waals surface area contributed by atoms with E-state index in [9.17, 15) is 36.0 Å². The van der Waals surface area contributed by atoms with Gasteiger partial charge in [-0.05, 0) is 55.8 Å². The highest BCUT2D eigenvalue weighted by Gasteiger charge is 2.68.